The largest absolute Gasteiger partial charge is 0.370 e. The maximum absolute atomic E-state index is 4.60. The van der Waals surface area contributed by atoms with E-state index < -0.39 is 0 Å². The van der Waals surface area contributed by atoms with E-state index in [0.29, 0.717) is 0 Å². The average molecular weight is 311 g/mol. The molecule has 2 N–H and O–H groups in total. The minimum atomic E-state index is 0.934. The van der Waals surface area contributed by atoms with Crippen molar-refractivity contribution in [2.24, 2.45) is 0 Å². The summed E-state index contributed by atoms with van der Waals surface area (Å²) < 4.78 is 0. The zero-order valence-electron chi connectivity index (χ0n) is 13.7. The quantitative estimate of drug-likeness (QED) is 0.567. The van der Waals surface area contributed by atoms with Gasteiger partial charge in [-0.25, -0.2) is 9.97 Å². The Bertz CT molecular complexity index is 385. The molecule has 0 unspecified atom stereocenters. The molecule has 0 spiro atoms. The van der Waals surface area contributed by atoms with E-state index >= 15 is 0 Å². The first-order valence-electron chi connectivity index (χ1n) is 8.14. The lowest BCUT2D eigenvalue weighted by Gasteiger charge is -2.11. The number of unbranched alkanes of at least 4 members (excludes halogenated alkanes) is 2. The standard InChI is InChI=1S/C16H30N4S/c1-4-9-14-19-15(17-10-5-2)13-16(20-14)18-11-7-6-8-12-21-3/h13H,4-12H2,1-3H3,(H2,17,18,19,20). The lowest BCUT2D eigenvalue weighted by molar-refractivity contribution is 0.746. The highest BCUT2D eigenvalue weighted by Crippen LogP contribution is 2.13. The van der Waals surface area contributed by atoms with Crippen LogP contribution >= 0.6 is 11.8 Å². The normalized spacial score (nSPS) is 10.6. The predicted octanol–water partition coefficient (Wildman–Crippen LogP) is 4.20. The molecule has 0 aliphatic carbocycles. The number of aromatic nitrogens is 2. The molecule has 1 aromatic rings. The highest BCUT2D eigenvalue weighted by molar-refractivity contribution is 7.98. The van der Waals surface area contributed by atoms with Crippen LogP contribution < -0.4 is 10.6 Å². The molecule has 0 saturated heterocycles. The average Bonchev–Trinajstić information content (AvgIpc) is 2.49. The van der Waals surface area contributed by atoms with Gasteiger partial charge in [0.05, 0.1) is 0 Å². The van der Waals surface area contributed by atoms with Crippen LogP contribution in [0.2, 0.25) is 0 Å². The molecule has 1 rings (SSSR count). The fraction of sp³-hybridized carbons (Fsp3) is 0.750. The Labute approximate surface area is 133 Å². The van der Waals surface area contributed by atoms with E-state index in [1.807, 2.05) is 17.8 Å². The number of hydrogen-bond acceptors (Lipinski definition) is 5. The lowest BCUT2D eigenvalue weighted by Crippen LogP contribution is -2.09. The van der Waals surface area contributed by atoms with Crippen LogP contribution in [0.3, 0.4) is 0 Å². The number of nitrogens with zero attached hydrogens (tertiary/aromatic N) is 2. The van der Waals surface area contributed by atoms with Crippen molar-refractivity contribution in [3.05, 3.63) is 11.9 Å². The molecule has 0 aliphatic heterocycles. The highest BCUT2D eigenvalue weighted by Gasteiger charge is 2.03. The van der Waals surface area contributed by atoms with Crippen LogP contribution in [0.1, 0.15) is 51.8 Å². The second-order valence-electron chi connectivity index (χ2n) is 5.21. The summed E-state index contributed by atoms with van der Waals surface area (Å²) in [7, 11) is 0. The third kappa shape index (κ3) is 8.15. The first-order chi connectivity index (χ1) is 10.3. The van der Waals surface area contributed by atoms with Crippen LogP contribution in [0.15, 0.2) is 6.07 Å². The summed E-state index contributed by atoms with van der Waals surface area (Å²) in [6, 6.07) is 2.02. The zero-order chi connectivity index (χ0) is 15.3. The van der Waals surface area contributed by atoms with E-state index in [9.17, 15) is 0 Å². The molecule has 5 heteroatoms. The van der Waals surface area contributed by atoms with Crippen LogP contribution in [0, 0.1) is 0 Å². The van der Waals surface area contributed by atoms with Crippen molar-refractivity contribution in [1.29, 1.82) is 0 Å². The van der Waals surface area contributed by atoms with Gasteiger partial charge in [-0.2, -0.15) is 11.8 Å². The summed E-state index contributed by atoms with van der Waals surface area (Å²) in [5.41, 5.74) is 0. The van der Waals surface area contributed by atoms with Crippen LogP contribution in [-0.2, 0) is 6.42 Å². The Kier molecular flexibility index (Phi) is 10.0. The SMILES string of the molecule is CCCNc1cc(NCCCCCSC)nc(CCC)n1. The number of thioether (sulfide) groups is 1. The molecule has 120 valence electrons. The summed E-state index contributed by atoms with van der Waals surface area (Å²) in [5, 5.41) is 6.80. The third-order valence-corrected chi connectivity index (χ3v) is 3.83. The summed E-state index contributed by atoms with van der Waals surface area (Å²) >= 11 is 1.92. The Morgan fingerprint density at radius 2 is 1.67 bits per heavy atom. The van der Waals surface area contributed by atoms with Gasteiger partial charge in [-0.3, -0.25) is 0 Å². The fourth-order valence-electron chi connectivity index (χ4n) is 2.03. The van der Waals surface area contributed by atoms with Crippen molar-refractivity contribution in [1.82, 2.24) is 9.97 Å². The van der Waals surface area contributed by atoms with Gasteiger partial charge in [0.1, 0.15) is 17.5 Å². The van der Waals surface area contributed by atoms with Crippen molar-refractivity contribution in [3.8, 4) is 0 Å². The molecule has 0 radical (unpaired) electrons. The Hall–Kier alpha value is -0.970. The number of hydrogen-bond donors (Lipinski definition) is 2. The topological polar surface area (TPSA) is 49.8 Å². The van der Waals surface area contributed by atoms with Crippen LogP contribution in [-0.4, -0.2) is 35.1 Å². The molecule has 21 heavy (non-hydrogen) atoms. The smallest absolute Gasteiger partial charge is 0.133 e. The molecule has 0 aliphatic rings. The lowest BCUT2D eigenvalue weighted by atomic mass is 10.2. The fourth-order valence-corrected chi connectivity index (χ4v) is 2.52. The summed E-state index contributed by atoms with van der Waals surface area (Å²) in [6.45, 7) is 6.27. The van der Waals surface area contributed by atoms with E-state index in [2.05, 4.69) is 40.7 Å². The van der Waals surface area contributed by atoms with Gasteiger partial charge in [0.2, 0.25) is 0 Å². The second-order valence-corrected chi connectivity index (χ2v) is 6.20. The Morgan fingerprint density at radius 3 is 2.29 bits per heavy atom. The summed E-state index contributed by atoms with van der Waals surface area (Å²) in [5.74, 6) is 4.10. The van der Waals surface area contributed by atoms with E-state index in [1.165, 1.54) is 25.0 Å². The van der Waals surface area contributed by atoms with E-state index in [4.69, 9.17) is 0 Å². The van der Waals surface area contributed by atoms with Crippen LogP contribution in [0.4, 0.5) is 11.6 Å². The molecular weight excluding hydrogens is 280 g/mol. The van der Waals surface area contributed by atoms with Crippen LogP contribution in [0.5, 0.6) is 0 Å². The molecule has 0 atom stereocenters. The van der Waals surface area contributed by atoms with Gasteiger partial charge < -0.3 is 10.6 Å². The van der Waals surface area contributed by atoms with Gasteiger partial charge in [0.25, 0.3) is 0 Å². The van der Waals surface area contributed by atoms with E-state index in [-0.39, 0.29) is 0 Å². The summed E-state index contributed by atoms with van der Waals surface area (Å²) in [6.07, 6.45) is 9.06. The minimum Gasteiger partial charge on any atom is -0.370 e. The molecule has 0 amide bonds. The first-order valence-corrected chi connectivity index (χ1v) is 9.54. The van der Waals surface area contributed by atoms with E-state index in [1.54, 1.807) is 0 Å². The van der Waals surface area contributed by atoms with Crippen molar-refractivity contribution < 1.29 is 0 Å². The van der Waals surface area contributed by atoms with Crippen molar-refractivity contribution >= 4 is 23.4 Å². The molecule has 1 heterocycles. The van der Waals surface area contributed by atoms with Gasteiger partial charge in [-0.05, 0) is 37.7 Å². The highest BCUT2D eigenvalue weighted by atomic mass is 32.2. The Balaban J connectivity index is 2.48. The van der Waals surface area contributed by atoms with Crippen molar-refractivity contribution in [2.75, 3.05) is 35.7 Å². The maximum atomic E-state index is 4.60. The number of aryl methyl sites for hydroxylation is 1. The number of nitrogens with one attached hydrogen (secondary N) is 2. The van der Waals surface area contributed by atoms with Crippen molar-refractivity contribution in [3.63, 3.8) is 0 Å². The van der Waals surface area contributed by atoms with Gasteiger partial charge in [-0.1, -0.05) is 20.3 Å². The van der Waals surface area contributed by atoms with Gasteiger partial charge >= 0.3 is 0 Å². The maximum Gasteiger partial charge on any atom is 0.133 e. The summed E-state index contributed by atoms with van der Waals surface area (Å²) in [4.78, 5) is 9.16. The molecule has 0 bridgehead atoms. The minimum absolute atomic E-state index is 0.934. The molecule has 0 fully saturated rings. The van der Waals surface area contributed by atoms with Gasteiger partial charge in [-0.15, -0.1) is 0 Å². The first kappa shape index (κ1) is 18.1. The second kappa shape index (κ2) is 11.7. The Morgan fingerprint density at radius 1 is 0.952 bits per heavy atom. The molecular formula is C16H30N4S. The molecule has 1 aromatic heterocycles. The molecule has 4 nitrogen and oxygen atoms in total. The van der Waals surface area contributed by atoms with Gasteiger partial charge in [0, 0.05) is 25.6 Å². The molecule has 0 saturated carbocycles. The number of anilines is 2. The molecule has 0 aromatic carbocycles. The van der Waals surface area contributed by atoms with E-state index in [0.717, 1.165) is 49.8 Å². The van der Waals surface area contributed by atoms with Crippen LogP contribution in [0.25, 0.3) is 0 Å². The predicted molar refractivity (Wildman–Crippen MR) is 95.5 cm³/mol. The zero-order valence-corrected chi connectivity index (χ0v) is 14.6. The number of rotatable bonds is 12. The van der Waals surface area contributed by atoms with Crippen molar-refractivity contribution in [2.45, 2.75) is 52.4 Å². The monoisotopic (exact) mass is 310 g/mol. The third-order valence-electron chi connectivity index (χ3n) is 3.13. The van der Waals surface area contributed by atoms with Gasteiger partial charge in [0.15, 0.2) is 0 Å².